The first kappa shape index (κ1) is 21.9. The summed E-state index contributed by atoms with van der Waals surface area (Å²) < 4.78 is 5.91. The smallest absolute Gasteiger partial charge is 0.137 e. The summed E-state index contributed by atoms with van der Waals surface area (Å²) in [6.45, 7) is 17.7. The summed E-state index contributed by atoms with van der Waals surface area (Å²) in [5.74, 6) is 0.925. The van der Waals surface area contributed by atoms with Crippen molar-refractivity contribution in [3.05, 3.63) is 28.8 Å². The molecule has 1 aromatic carbocycles. The SMILES string of the molecule is CC[NH+](CC)CCC[C@@H](C)[NH2+]C[C@@H](O)COc1c(C)ccc(C)c1C. The monoisotopic (exact) mass is 352 g/mol. The standard InChI is InChI=1S/C21H38N2O2/c1-7-23(8-2)13-9-10-18(5)22-14-20(24)15-25-21-17(4)12-11-16(3)19(21)6/h11-12,18,20,22,24H,7-10,13-15H2,1-6H3/p+2/t18-,20-/m1/s1. The number of hydrogen-bond acceptors (Lipinski definition) is 2. The van der Waals surface area contributed by atoms with E-state index in [9.17, 15) is 5.11 Å². The van der Waals surface area contributed by atoms with Crippen LogP contribution in [-0.2, 0) is 0 Å². The van der Waals surface area contributed by atoms with E-state index in [0.717, 1.165) is 11.3 Å². The highest BCUT2D eigenvalue weighted by molar-refractivity contribution is 5.44. The number of quaternary nitrogens is 2. The summed E-state index contributed by atoms with van der Waals surface area (Å²) in [5, 5.41) is 12.5. The summed E-state index contributed by atoms with van der Waals surface area (Å²) in [6, 6.07) is 4.74. The van der Waals surface area contributed by atoms with Crippen LogP contribution in [0.25, 0.3) is 0 Å². The molecule has 2 atom stereocenters. The van der Waals surface area contributed by atoms with Crippen LogP contribution in [-0.4, -0.2) is 50.0 Å². The number of aryl methyl sites for hydroxylation is 2. The molecule has 0 heterocycles. The zero-order valence-electron chi connectivity index (χ0n) is 17.2. The number of rotatable bonds is 12. The first-order valence-electron chi connectivity index (χ1n) is 9.93. The fourth-order valence-electron chi connectivity index (χ4n) is 3.18. The summed E-state index contributed by atoms with van der Waals surface area (Å²) in [6.07, 6.45) is 2.02. The van der Waals surface area contributed by atoms with Crippen LogP contribution < -0.4 is 15.0 Å². The van der Waals surface area contributed by atoms with Gasteiger partial charge in [0.2, 0.25) is 0 Å². The second-order valence-electron chi connectivity index (χ2n) is 7.42. The lowest BCUT2D eigenvalue weighted by atomic mass is 10.1. The molecule has 0 aromatic heterocycles. The highest BCUT2D eigenvalue weighted by Gasteiger charge is 2.14. The Bertz CT molecular complexity index is 501. The molecule has 0 aliphatic carbocycles. The molecule has 4 heteroatoms. The highest BCUT2D eigenvalue weighted by atomic mass is 16.5. The third-order valence-corrected chi connectivity index (χ3v) is 5.29. The lowest BCUT2D eigenvalue weighted by molar-refractivity contribution is -0.896. The van der Waals surface area contributed by atoms with Gasteiger partial charge in [-0.25, -0.2) is 0 Å². The van der Waals surface area contributed by atoms with Crippen LogP contribution in [0.5, 0.6) is 5.75 Å². The van der Waals surface area contributed by atoms with Crippen LogP contribution >= 0.6 is 0 Å². The number of benzene rings is 1. The Labute approximate surface area is 154 Å². The Hall–Kier alpha value is -1.10. The van der Waals surface area contributed by atoms with Crippen LogP contribution in [0.1, 0.15) is 50.3 Å². The molecule has 0 radical (unpaired) electrons. The third-order valence-electron chi connectivity index (χ3n) is 5.29. The van der Waals surface area contributed by atoms with Gasteiger partial charge in [0.15, 0.2) is 0 Å². The summed E-state index contributed by atoms with van der Waals surface area (Å²) in [7, 11) is 0. The fraction of sp³-hybridized carbons (Fsp3) is 0.714. The Morgan fingerprint density at radius 3 is 2.40 bits per heavy atom. The molecule has 0 bridgehead atoms. The van der Waals surface area contributed by atoms with E-state index in [1.165, 1.54) is 43.6 Å². The molecule has 0 aliphatic rings. The molecule has 4 nitrogen and oxygen atoms in total. The second kappa shape index (κ2) is 11.5. The van der Waals surface area contributed by atoms with Crippen molar-refractivity contribution >= 4 is 0 Å². The molecule has 0 fully saturated rings. The molecule has 4 N–H and O–H groups in total. The van der Waals surface area contributed by atoms with Gasteiger partial charge < -0.3 is 20.1 Å². The van der Waals surface area contributed by atoms with Crippen molar-refractivity contribution < 1.29 is 20.1 Å². The molecule has 0 spiro atoms. The van der Waals surface area contributed by atoms with Gasteiger partial charge in [0.05, 0.1) is 25.7 Å². The van der Waals surface area contributed by atoms with E-state index in [2.05, 4.69) is 59.0 Å². The number of ether oxygens (including phenoxy) is 1. The van der Waals surface area contributed by atoms with Crippen LogP contribution in [0.4, 0.5) is 0 Å². The molecule has 0 aliphatic heterocycles. The summed E-state index contributed by atoms with van der Waals surface area (Å²) in [5.41, 5.74) is 3.53. The van der Waals surface area contributed by atoms with E-state index in [4.69, 9.17) is 4.74 Å². The first-order chi connectivity index (χ1) is 11.9. The number of hydrogen-bond donors (Lipinski definition) is 3. The lowest BCUT2D eigenvalue weighted by Gasteiger charge is -2.18. The normalized spacial score (nSPS) is 13.9. The van der Waals surface area contributed by atoms with Gasteiger partial charge in [-0.15, -0.1) is 0 Å². The van der Waals surface area contributed by atoms with Gasteiger partial charge in [-0.2, -0.15) is 0 Å². The van der Waals surface area contributed by atoms with Gasteiger partial charge in [0.1, 0.15) is 25.0 Å². The van der Waals surface area contributed by atoms with Crippen molar-refractivity contribution in [1.82, 2.24) is 0 Å². The minimum atomic E-state index is -0.435. The number of nitrogens with one attached hydrogen (secondary N) is 1. The highest BCUT2D eigenvalue weighted by Crippen LogP contribution is 2.25. The fourth-order valence-corrected chi connectivity index (χ4v) is 3.18. The molecule has 1 aromatic rings. The Morgan fingerprint density at radius 2 is 1.76 bits per heavy atom. The van der Waals surface area contributed by atoms with Gasteiger partial charge in [0.25, 0.3) is 0 Å². The van der Waals surface area contributed by atoms with Crippen molar-refractivity contribution in [2.24, 2.45) is 0 Å². The third kappa shape index (κ3) is 7.76. The number of aliphatic hydroxyl groups excluding tert-OH is 1. The predicted molar refractivity (Wildman–Crippen MR) is 105 cm³/mol. The van der Waals surface area contributed by atoms with Crippen LogP contribution in [0, 0.1) is 20.8 Å². The van der Waals surface area contributed by atoms with Gasteiger partial charge in [-0.1, -0.05) is 12.1 Å². The van der Waals surface area contributed by atoms with E-state index < -0.39 is 6.10 Å². The van der Waals surface area contributed by atoms with Crippen molar-refractivity contribution in [3.63, 3.8) is 0 Å². The first-order valence-corrected chi connectivity index (χ1v) is 9.93. The molecular weight excluding hydrogens is 312 g/mol. The molecule has 0 amide bonds. The maximum atomic E-state index is 10.2. The topological polar surface area (TPSA) is 50.5 Å². The maximum Gasteiger partial charge on any atom is 0.137 e. The Morgan fingerprint density at radius 1 is 1.12 bits per heavy atom. The van der Waals surface area contributed by atoms with Gasteiger partial charge in [-0.05, 0) is 58.2 Å². The quantitative estimate of drug-likeness (QED) is 0.526. The minimum absolute atomic E-state index is 0.359. The predicted octanol–water partition coefficient (Wildman–Crippen LogP) is 1.01. The van der Waals surface area contributed by atoms with Crippen molar-refractivity contribution in [3.8, 4) is 5.75 Å². The summed E-state index contributed by atoms with van der Waals surface area (Å²) >= 11 is 0. The van der Waals surface area contributed by atoms with Crippen LogP contribution in [0.15, 0.2) is 12.1 Å². The molecule has 0 saturated carbocycles. The van der Waals surface area contributed by atoms with E-state index >= 15 is 0 Å². The largest absolute Gasteiger partial charge is 0.490 e. The molecule has 0 saturated heterocycles. The van der Waals surface area contributed by atoms with Gasteiger partial charge in [0, 0.05) is 12.8 Å². The number of nitrogens with two attached hydrogens (primary N) is 1. The van der Waals surface area contributed by atoms with Crippen molar-refractivity contribution in [2.75, 3.05) is 32.8 Å². The van der Waals surface area contributed by atoms with Crippen molar-refractivity contribution in [1.29, 1.82) is 0 Å². The zero-order chi connectivity index (χ0) is 18.8. The van der Waals surface area contributed by atoms with Crippen LogP contribution in [0.2, 0.25) is 0 Å². The van der Waals surface area contributed by atoms with Crippen LogP contribution in [0.3, 0.4) is 0 Å². The van der Waals surface area contributed by atoms with E-state index in [0.29, 0.717) is 19.2 Å². The lowest BCUT2D eigenvalue weighted by Crippen LogP contribution is -3.11. The average Bonchev–Trinajstić information content (AvgIpc) is 2.60. The van der Waals surface area contributed by atoms with Gasteiger partial charge >= 0.3 is 0 Å². The zero-order valence-corrected chi connectivity index (χ0v) is 17.2. The second-order valence-corrected chi connectivity index (χ2v) is 7.42. The van der Waals surface area contributed by atoms with E-state index in [1.807, 2.05) is 0 Å². The molecule has 1 rings (SSSR count). The van der Waals surface area contributed by atoms with Gasteiger partial charge in [-0.3, -0.25) is 0 Å². The summed E-state index contributed by atoms with van der Waals surface area (Å²) in [4.78, 5) is 1.67. The average molecular weight is 353 g/mol. The molecule has 0 unspecified atom stereocenters. The number of aliphatic hydroxyl groups is 1. The minimum Gasteiger partial charge on any atom is -0.490 e. The Balaban J connectivity index is 2.29. The molecule has 144 valence electrons. The molecule has 25 heavy (non-hydrogen) atoms. The Kier molecular flexibility index (Phi) is 10.1. The van der Waals surface area contributed by atoms with E-state index in [1.54, 1.807) is 4.90 Å². The molecular formula is C21H40N2O2+2. The van der Waals surface area contributed by atoms with Crippen molar-refractivity contribution in [2.45, 2.75) is 66.5 Å². The maximum absolute atomic E-state index is 10.2. The van der Waals surface area contributed by atoms with E-state index in [-0.39, 0.29) is 0 Å².